The summed E-state index contributed by atoms with van der Waals surface area (Å²) in [5.41, 5.74) is 1.65. The Kier molecular flexibility index (Phi) is 6.25. The van der Waals surface area contributed by atoms with E-state index in [9.17, 15) is 4.79 Å². The lowest BCUT2D eigenvalue weighted by Crippen LogP contribution is -2.20. The van der Waals surface area contributed by atoms with Crippen molar-refractivity contribution in [2.24, 2.45) is 0 Å². The number of carbonyl (C=O) groups is 1. The first-order chi connectivity index (χ1) is 13.2. The molecule has 0 unspecified atom stereocenters. The average molecular weight is 363 g/mol. The van der Waals surface area contributed by atoms with Gasteiger partial charge in [-0.2, -0.15) is 0 Å². The Morgan fingerprint density at radius 1 is 0.963 bits per heavy atom. The van der Waals surface area contributed by atoms with Crippen LogP contribution < -0.4 is 20.1 Å². The third-order valence-corrected chi connectivity index (χ3v) is 3.61. The topological polar surface area (TPSA) is 72.5 Å². The molecule has 0 aliphatic rings. The van der Waals surface area contributed by atoms with E-state index in [1.807, 2.05) is 55.5 Å². The first kappa shape index (κ1) is 18.3. The quantitative estimate of drug-likeness (QED) is 0.626. The van der Waals surface area contributed by atoms with Crippen molar-refractivity contribution < 1.29 is 14.3 Å². The van der Waals surface area contributed by atoms with Gasteiger partial charge in [-0.25, -0.2) is 4.98 Å². The van der Waals surface area contributed by atoms with Crippen LogP contribution >= 0.6 is 0 Å². The molecule has 0 spiro atoms. The van der Waals surface area contributed by atoms with Crippen LogP contribution in [0.3, 0.4) is 0 Å². The second-order valence-corrected chi connectivity index (χ2v) is 5.64. The summed E-state index contributed by atoms with van der Waals surface area (Å²) >= 11 is 0. The highest BCUT2D eigenvalue weighted by Crippen LogP contribution is 2.27. The number of ether oxygens (including phenoxy) is 2. The SMILES string of the molecule is CCOc1ccccc1Nc1ccc(NC(=O)COc2ccccc2)nc1. The van der Waals surface area contributed by atoms with E-state index >= 15 is 0 Å². The highest BCUT2D eigenvalue weighted by Gasteiger charge is 2.06. The zero-order valence-electron chi connectivity index (χ0n) is 15.0. The van der Waals surface area contributed by atoms with Crippen molar-refractivity contribution in [1.82, 2.24) is 4.98 Å². The van der Waals surface area contributed by atoms with Crippen molar-refractivity contribution in [2.45, 2.75) is 6.92 Å². The number of anilines is 3. The number of carbonyl (C=O) groups excluding carboxylic acids is 1. The first-order valence-corrected chi connectivity index (χ1v) is 8.67. The molecule has 0 aliphatic heterocycles. The molecule has 0 bridgehead atoms. The van der Waals surface area contributed by atoms with Crippen LogP contribution in [0.2, 0.25) is 0 Å². The zero-order valence-corrected chi connectivity index (χ0v) is 15.0. The van der Waals surface area contributed by atoms with Crippen LogP contribution in [-0.4, -0.2) is 24.1 Å². The maximum atomic E-state index is 12.0. The van der Waals surface area contributed by atoms with Crippen molar-refractivity contribution in [1.29, 1.82) is 0 Å². The molecule has 0 atom stereocenters. The molecule has 1 amide bonds. The fourth-order valence-corrected chi connectivity index (χ4v) is 2.39. The summed E-state index contributed by atoms with van der Waals surface area (Å²) < 4.78 is 11.0. The van der Waals surface area contributed by atoms with E-state index in [1.54, 1.807) is 24.4 Å². The number of rotatable bonds is 8. The minimum absolute atomic E-state index is 0.0760. The monoisotopic (exact) mass is 363 g/mol. The van der Waals surface area contributed by atoms with Gasteiger partial charge in [0.25, 0.3) is 5.91 Å². The van der Waals surface area contributed by atoms with E-state index in [2.05, 4.69) is 15.6 Å². The van der Waals surface area contributed by atoms with Crippen molar-refractivity contribution in [3.63, 3.8) is 0 Å². The molecule has 6 nitrogen and oxygen atoms in total. The lowest BCUT2D eigenvalue weighted by Gasteiger charge is -2.12. The summed E-state index contributed by atoms with van der Waals surface area (Å²) in [7, 11) is 0. The Morgan fingerprint density at radius 2 is 1.74 bits per heavy atom. The van der Waals surface area contributed by atoms with Gasteiger partial charge in [0.15, 0.2) is 6.61 Å². The second-order valence-electron chi connectivity index (χ2n) is 5.64. The Balaban J connectivity index is 1.55. The number of amides is 1. The van der Waals surface area contributed by atoms with E-state index < -0.39 is 0 Å². The molecule has 138 valence electrons. The molecule has 1 aromatic heterocycles. The summed E-state index contributed by atoms with van der Waals surface area (Å²) in [5, 5.41) is 5.97. The summed E-state index contributed by atoms with van der Waals surface area (Å²) in [6.07, 6.45) is 1.65. The first-order valence-electron chi connectivity index (χ1n) is 8.67. The fraction of sp³-hybridized carbons (Fsp3) is 0.143. The van der Waals surface area contributed by atoms with Gasteiger partial charge in [-0.1, -0.05) is 30.3 Å². The van der Waals surface area contributed by atoms with E-state index in [0.717, 1.165) is 17.1 Å². The third-order valence-electron chi connectivity index (χ3n) is 3.61. The number of pyridine rings is 1. The molecular weight excluding hydrogens is 342 g/mol. The molecule has 1 heterocycles. The lowest BCUT2D eigenvalue weighted by molar-refractivity contribution is -0.118. The third kappa shape index (κ3) is 5.47. The zero-order chi connectivity index (χ0) is 18.9. The van der Waals surface area contributed by atoms with E-state index in [4.69, 9.17) is 9.47 Å². The van der Waals surface area contributed by atoms with Crippen LogP contribution in [0.15, 0.2) is 72.9 Å². The van der Waals surface area contributed by atoms with Crippen molar-refractivity contribution >= 4 is 23.1 Å². The number of aromatic nitrogens is 1. The second kappa shape index (κ2) is 9.24. The van der Waals surface area contributed by atoms with E-state index in [1.165, 1.54) is 0 Å². The van der Waals surface area contributed by atoms with Gasteiger partial charge in [-0.15, -0.1) is 0 Å². The van der Waals surface area contributed by atoms with Crippen LogP contribution in [0.4, 0.5) is 17.2 Å². The summed E-state index contributed by atoms with van der Waals surface area (Å²) in [4.78, 5) is 16.2. The Labute approximate surface area is 158 Å². The highest BCUT2D eigenvalue weighted by atomic mass is 16.5. The number of para-hydroxylation sites is 3. The molecule has 3 rings (SSSR count). The van der Waals surface area contributed by atoms with Gasteiger partial charge in [0.2, 0.25) is 0 Å². The van der Waals surface area contributed by atoms with E-state index in [0.29, 0.717) is 18.2 Å². The Bertz CT molecular complexity index is 867. The van der Waals surface area contributed by atoms with Crippen LogP contribution in [0.1, 0.15) is 6.92 Å². The summed E-state index contributed by atoms with van der Waals surface area (Å²) in [6.45, 7) is 2.46. The van der Waals surface area contributed by atoms with Crippen molar-refractivity contribution in [3.8, 4) is 11.5 Å². The van der Waals surface area contributed by atoms with Crippen LogP contribution in [0.25, 0.3) is 0 Å². The van der Waals surface area contributed by atoms with Gasteiger partial charge in [-0.05, 0) is 43.3 Å². The molecule has 0 saturated carbocycles. The van der Waals surface area contributed by atoms with Crippen LogP contribution in [-0.2, 0) is 4.79 Å². The molecule has 2 aromatic carbocycles. The van der Waals surface area contributed by atoms with Gasteiger partial charge >= 0.3 is 0 Å². The molecule has 6 heteroatoms. The summed E-state index contributed by atoms with van der Waals surface area (Å²) in [5.74, 6) is 1.61. The van der Waals surface area contributed by atoms with E-state index in [-0.39, 0.29) is 12.5 Å². The predicted octanol–water partition coefficient (Wildman–Crippen LogP) is 4.24. The Hall–Kier alpha value is -3.54. The van der Waals surface area contributed by atoms with Gasteiger partial charge in [0.05, 0.1) is 24.2 Å². The number of hydrogen-bond donors (Lipinski definition) is 2. The molecule has 3 aromatic rings. The molecule has 0 aliphatic carbocycles. The number of nitrogens with one attached hydrogen (secondary N) is 2. The maximum Gasteiger partial charge on any atom is 0.263 e. The average Bonchev–Trinajstić information content (AvgIpc) is 2.70. The van der Waals surface area contributed by atoms with Gasteiger partial charge in [-0.3, -0.25) is 4.79 Å². The van der Waals surface area contributed by atoms with Crippen molar-refractivity contribution in [2.75, 3.05) is 23.8 Å². The molecule has 0 fully saturated rings. The van der Waals surface area contributed by atoms with Gasteiger partial charge < -0.3 is 20.1 Å². The lowest BCUT2D eigenvalue weighted by atomic mass is 10.2. The Morgan fingerprint density at radius 3 is 2.48 bits per heavy atom. The minimum Gasteiger partial charge on any atom is -0.492 e. The number of benzene rings is 2. The van der Waals surface area contributed by atoms with Gasteiger partial charge in [0.1, 0.15) is 17.3 Å². The normalized spacial score (nSPS) is 10.1. The minimum atomic E-state index is -0.270. The van der Waals surface area contributed by atoms with Crippen LogP contribution in [0, 0.1) is 0 Å². The fourth-order valence-electron chi connectivity index (χ4n) is 2.39. The van der Waals surface area contributed by atoms with Crippen molar-refractivity contribution in [3.05, 3.63) is 72.9 Å². The molecule has 2 N–H and O–H groups in total. The molecule has 0 saturated heterocycles. The summed E-state index contributed by atoms with van der Waals surface area (Å²) in [6, 6.07) is 20.4. The maximum absolute atomic E-state index is 12.0. The number of hydrogen-bond acceptors (Lipinski definition) is 5. The standard InChI is InChI=1S/C21H21N3O3/c1-2-26-19-11-7-6-10-18(19)23-16-12-13-20(22-14-16)24-21(25)15-27-17-8-4-3-5-9-17/h3-14,23H,2,15H2,1H3,(H,22,24,25). The van der Waals surface area contributed by atoms with Gasteiger partial charge in [0, 0.05) is 0 Å². The molecular formula is C21H21N3O3. The van der Waals surface area contributed by atoms with Crippen LogP contribution in [0.5, 0.6) is 11.5 Å². The smallest absolute Gasteiger partial charge is 0.263 e. The highest BCUT2D eigenvalue weighted by molar-refractivity contribution is 5.91. The molecule has 0 radical (unpaired) electrons. The predicted molar refractivity (Wildman–Crippen MR) is 106 cm³/mol. The largest absolute Gasteiger partial charge is 0.492 e. The molecule has 27 heavy (non-hydrogen) atoms. The number of nitrogens with zero attached hydrogens (tertiary/aromatic N) is 1.